The van der Waals surface area contributed by atoms with Crippen molar-refractivity contribution < 1.29 is 0 Å². The molecule has 0 N–H and O–H groups in total. The first-order valence-corrected chi connectivity index (χ1v) is 15.3. The van der Waals surface area contributed by atoms with Crippen LogP contribution in [0.15, 0.2) is 146 Å². The largest absolute Gasteiger partial charge is 0.252 e. The lowest BCUT2D eigenvalue weighted by atomic mass is 9.98. The molecule has 7 aromatic carbocycles. The van der Waals surface area contributed by atoms with E-state index in [0.29, 0.717) is 0 Å². The third kappa shape index (κ3) is 3.93. The van der Waals surface area contributed by atoms with Gasteiger partial charge in [0.25, 0.3) is 0 Å². The molecule has 43 heavy (non-hydrogen) atoms. The molecular formula is C40H24N2S. The predicted octanol–water partition coefficient (Wildman–Crippen LogP) is 11.3. The van der Waals surface area contributed by atoms with E-state index in [0.717, 1.165) is 33.1 Å². The number of thiophene rings is 1. The minimum Gasteiger partial charge on any atom is -0.252 e. The number of rotatable bonds is 3. The SMILES string of the molecule is c1ccc(-c2ccc3sc4ccc(-c5cccc(-c6cnc7c8ccccc8c8ccccc8c7n6)c5)cc4c3c2)cc1. The maximum absolute atomic E-state index is 5.22. The number of aromatic nitrogens is 2. The zero-order valence-electron chi connectivity index (χ0n) is 23.2. The summed E-state index contributed by atoms with van der Waals surface area (Å²) >= 11 is 1.85. The highest BCUT2D eigenvalue weighted by Gasteiger charge is 2.13. The van der Waals surface area contributed by atoms with Gasteiger partial charge in [-0.15, -0.1) is 11.3 Å². The van der Waals surface area contributed by atoms with E-state index in [1.54, 1.807) is 0 Å². The second kappa shape index (κ2) is 9.59. The summed E-state index contributed by atoms with van der Waals surface area (Å²) in [7, 11) is 0. The summed E-state index contributed by atoms with van der Waals surface area (Å²) < 4.78 is 2.62. The molecular weight excluding hydrogens is 541 g/mol. The van der Waals surface area contributed by atoms with Gasteiger partial charge in [-0.05, 0) is 63.4 Å². The van der Waals surface area contributed by atoms with E-state index in [1.807, 2.05) is 17.5 Å². The van der Waals surface area contributed by atoms with Crippen LogP contribution in [0.2, 0.25) is 0 Å². The third-order valence-electron chi connectivity index (χ3n) is 8.50. The summed E-state index contributed by atoms with van der Waals surface area (Å²) in [6.07, 6.45) is 1.92. The Hall–Kier alpha value is -5.38. The van der Waals surface area contributed by atoms with Crippen molar-refractivity contribution in [1.82, 2.24) is 9.97 Å². The molecule has 2 aromatic heterocycles. The Kier molecular flexibility index (Phi) is 5.40. The lowest BCUT2D eigenvalue weighted by Crippen LogP contribution is -1.92. The molecule has 0 bridgehead atoms. The van der Waals surface area contributed by atoms with Crippen molar-refractivity contribution >= 4 is 64.1 Å². The molecule has 0 spiro atoms. The summed E-state index contributed by atoms with van der Waals surface area (Å²) in [5.74, 6) is 0. The normalized spacial score (nSPS) is 11.7. The fraction of sp³-hybridized carbons (Fsp3) is 0. The van der Waals surface area contributed by atoms with Gasteiger partial charge < -0.3 is 0 Å². The van der Waals surface area contributed by atoms with Gasteiger partial charge in [0.15, 0.2) is 0 Å². The van der Waals surface area contributed by atoms with Gasteiger partial charge in [-0.1, -0.05) is 109 Å². The maximum atomic E-state index is 5.22. The van der Waals surface area contributed by atoms with Crippen molar-refractivity contribution in [1.29, 1.82) is 0 Å². The predicted molar refractivity (Wildman–Crippen MR) is 184 cm³/mol. The first-order chi connectivity index (χ1) is 21.3. The second-order valence-electron chi connectivity index (χ2n) is 11.0. The Labute approximate surface area is 252 Å². The van der Waals surface area contributed by atoms with E-state index < -0.39 is 0 Å². The molecule has 0 unspecified atom stereocenters. The van der Waals surface area contributed by atoms with Crippen molar-refractivity contribution in [3.8, 4) is 33.5 Å². The number of benzene rings is 7. The Balaban J connectivity index is 1.17. The van der Waals surface area contributed by atoms with E-state index in [1.165, 1.54) is 53.2 Å². The van der Waals surface area contributed by atoms with Gasteiger partial charge in [-0.2, -0.15) is 0 Å². The molecule has 0 saturated heterocycles. The van der Waals surface area contributed by atoms with Crippen LogP contribution in [0.1, 0.15) is 0 Å². The first kappa shape index (κ1) is 24.2. The van der Waals surface area contributed by atoms with Crippen LogP contribution in [0.4, 0.5) is 0 Å². The number of hydrogen-bond donors (Lipinski definition) is 0. The quantitative estimate of drug-likeness (QED) is 0.199. The van der Waals surface area contributed by atoms with Gasteiger partial charge in [-0.25, -0.2) is 4.98 Å². The third-order valence-corrected chi connectivity index (χ3v) is 9.65. The highest BCUT2D eigenvalue weighted by molar-refractivity contribution is 7.25. The number of fused-ring (bicyclic) bond motifs is 9. The number of hydrogen-bond acceptors (Lipinski definition) is 3. The Morgan fingerprint density at radius 2 is 0.907 bits per heavy atom. The summed E-state index contributed by atoms with van der Waals surface area (Å²) in [6.45, 7) is 0. The van der Waals surface area contributed by atoms with E-state index in [4.69, 9.17) is 9.97 Å². The van der Waals surface area contributed by atoms with Gasteiger partial charge in [0.1, 0.15) is 0 Å². The van der Waals surface area contributed by atoms with Crippen LogP contribution < -0.4 is 0 Å². The van der Waals surface area contributed by atoms with Crippen LogP contribution in [0, 0.1) is 0 Å². The van der Waals surface area contributed by atoms with Crippen LogP contribution in [0.25, 0.3) is 86.3 Å². The molecule has 0 radical (unpaired) electrons. The second-order valence-corrected chi connectivity index (χ2v) is 12.1. The maximum Gasteiger partial charge on any atom is 0.0979 e. The monoisotopic (exact) mass is 564 g/mol. The average molecular weight is 565 g/mol. The fourth-order valence-electron chi connectivity index (χ4n) is 6.39. The van der Waals surface area contributed by atoms with Gasteiger partial charge in [0.2, 0.25) is 0 Å². The Morgan fingerprint density at radius 3 is 1.60 bits per heavy atom. The van der Waals surface area contributed by atoms with Crippen LogP contribution >= 0.6 is 11.3 Å². The van der Waals surface area contributed by atoms with Gasteiger partial charge in [0.05, 0.1) is 22.9 Å². The molecule has 9 rings (SSSR count). The van der Waals surface area contributed by atoms with Crippen LogP contribution in [-0.2, 0) is 0 Å². The van der Waals surface area contributed by atoms with Crippen LogP contribution in [-0.4, -0.2) is 9.97 Å². The molecule has 0 fully saturated rings. The zero-order valence-corrected chi connectivity index (χ0v) is 24.0. The smallest absolute Gasteiger partial charge is 0.0979 e. The summed E-state index contributed by atoms with van der Waals surface area (Å²) in [5.41, 5.74) is 8.68. The average Bonchev–Trinajstić information content (AvgIpc) is 3.46. The molecule has 0 amide bonds. The van der Waals surface area contributed by atoms with Crippen molar-refractivity contribution in [2.45, 2.75) is 0 Å². The summed E-state index contributed by atoms with van der Waals surface area (Å²) in [6, 6.07) is 49.9. The Bertz CT molecular complexity index is 2470. The minimum atomic E-state index is 0.879. The lowest BCUT2D eigenvalue weighted by molar-refractivity contribution is 1.31. The van der Waals surface area contributed by atoms with Crippen LogP contribution in [0.5, 0.6) is 0 Å². The van der Waals surface area contributed by atoms with E-state index >= 15 is 0 Å². The molecule has 0 atom stereocenters. The molecule has 0 aliphatic heterocycles. The van der Waals surface area contributed by atoms with Crippen molar-refractivity contribution in [2.24, 2.45) is 0 Å². The van der Waals surface area contributed by atoms with E-state index in [9.17, 15) is 0 Å². The van der Waals surface area contributed by atoms with Crippen molar-refractivity contribution in [3.63, 3.8) is 0 Å². The van der Waals surface area contributed by atoms with E-state index in [2.05, 4.69) is 140 Å². The van der Waals surface area contributed by atoms with Gasteiger partial charge in [0, 0.05) is 36.5 Å². The molecule has 2 heterocycles. The van der Waals surface area contributed by atoms with Crippen LogP contribution in [0.3, 0.4) is 0 Å². The minimum absolute atomic E-state index is 0.879. The van der Waals surface area contributed by atoms with Crippen molar-refractivity contribution in [3.05, 3.63) is 146 Å². The molecule has 200 valence electrons. The number of nitrogens with zero attached hydrogens (tertiary/aromatic N) is 2. The summed E-state index contributed by atoms with van der Waals surface area (Å²) in [4.78, 5) is 10.2. The van der Waals surface area contributed by atoms with Crippen molar-refractivity contribution in [2.75, 3.05) is 0 Å². The molecule has 0 saturated carbocycles. The van der Waals surface area contributed by atoms with E-state index in [-0.39, 0.29) is 0 Å². The highest BCUT2D eigenvalue weighted by atomic mass is 32.1. The Morgan fingerprint density at radius 1 is 0.372 bits per heavy atom. The fourth-order valence-corrected chi connectivity index (χ4v) is 7.45. The zero-order chi connectivity index (χ0) is 28.3. The first-order valence-electron chi connectivity index (χ1n) is 14.5. The molecule has 2 nitrogen and oxygen atoms in total. The van der Waals surface area contributed by atoms with Gasteiger partial charge in [-0.3, -0.25) is 4.98 Å². The topological polar surface area (TPSA) is 25.8 Å². The summed E-state index contributed by atoms with van der Waals surface area (Å²) in [5, 5.41) is 7.28. The molecule has 0 aliphatic rings. The standard InChI is InChI=1S/C40H24N2S/c1-2-9-25(10-3-1)27-17-19-37-34(22-27)35-23-28(18-20-38(35)43-37)26-11-8-12-29(21-26)36-24-41-39-32-15-6-4-13-30(32)31-14-5-7-16-33(31)40(39)42-36/h1-24H. The molecule has 3 heteroatoms. The molecule has 9 aromatic rings. The molecule has 0 aliphatic carbocycles. The van der Waals surface area contributed by atoms with Gasteiger partial charge >= 0.3 is 0 Å². The highest BCUT2D eigenvalue weighted by Crippen LogP contribution is 2.39. The lowest BCUT2D eigenvalue weighted by Gasteiger charge is -2.11.